The van der Waals surface area contributed by atoms with Crippen molar-refractivity contribution in [3.8, 4) is 5.88 Å². The molecule has 1 aromatic heterocycles. The zero-order chi connectivity index (χ0) is 7.56. The highest BCUT2D eigenvalue weighted by Crippen LogP contribution is 2.14. The lowest BCUT2D eigenvalue weighted by Gasteiger charge is -1.84. The molecule has 0 aliphatic rings. The van der Waals surface area contributed by atoms with Gasteiger partial charge >= 0.3 is 5.97 Å². The van der Waals surface area contributed by atoms with Crippen molar-refractivity contribution < 1.29 is 15.0 Å². The van der Waals surface area contributed by atoms with Gasteiger partial charge in [0.2, 0.25) is 5.88 Å². The normalized spacial score (nSPS) is 9.60. The van der Waals surface area contributed by atoms with E-state index in [0.29, 0.717) is 5.01 Å². The van der Waals surface area contributed by atoms with E-state index in [2.05, 4.69) is 4.98 Å². The number of rotatable bonds is 2. The molecule has 0 atom stereocenters. The Morgan fingerprint density at radius 1 is 1.80 bits per heavy atom. The summed E-state index contributed by atoms with van der Waals surface area (Å²) in [4.78, 5) is 13.6. The molecule has 0 saturated carbocycles. The van der Waals surface area contributed by atoms with Crippen molar-refractivity contribution in [1.82, 2.24) is 4.98 Å². The molecule has 0 amide bonds. The first-order chi connectivity index (χ1) is 4.68. The number of aromatic nitrogens is 1. The van der Waals surface area contributed by atoms with Crippen LogP contribution in [0.15, 0.2) is 5.38 Å². The predicted octanol–water partition coefficient (Wildman–Crippen LogP) is 0.476. The second kappa shape index (κ2) is 2.66. The molecule has 0 bridgehead atoms. The Kier molecular flexibility index (Phi) is 1.86. The highest BCUT2D eigenvalue weighted by atomic mass is 32.1. The third-order valence-electron chi connectivity index (χ3n) is 0.842. The first-order valence-electron chi connectivity index (χ1n) is 2.53. The van der Waals surface area contributed by atoms with Crippen LogP contribution < -0.4 is 0 Å². The third kappa shape index (κ3) is 1.70. The Morgan fingerprint density at radius 3 is 2.90 bits per heavy atom. The van der Waals surface area contributed by atoms with E-state index in [9.17, 15) is 4.79 Å². The van der Waals surface area contributed by atoms with Gasteiger partial charge < -0.3 is 10.2 Å². The highest BCUT2D eigenvalue weighted by Gasteiger charge is 2.04. The number of aromatic hydroxyl groups is 1. The first kappa shape index (κ1) is 7.01. The second-order valence-electron chi connectivity index (χ2n) is 1.67. The fourth-order valence-corrected chi connectivity index (χ4v) is 1.16. The summed E-state index contributed by atoms with van der Waals surface area (Å²) in [6.45, 7) is 0. The largest absolute Gasteiger partial charge is 0.493 e. The average molecular weight is 159 g/mol. The van der Waals surface area contributed by atoms with Crippen molar-refractivity contribution in [2.45, 2.75) is 6.42 Å². The van der Waals surface area contributed by atoms with Crippen LogP contribution in [0.3, 0.4) is 0 Å². The Morgan fingerprint density at radius 2 is 2.50 bits per heavy atom. The number of carboxylic acids is 1. The summed E-state index contributed by atoms with van der Waals surface area (Å²) in [5.74, 6) is -1.05. The SMILES string of the molecule is O=C(O)Cc1nc(O)cs1. The Hall–Kier alpha value is -1.10. The van der Waals surface area contributed by atoms with E-state index >= 15 is 0 Å². The molecule has 1 aromatic rings. The van der Waals surface area contributed by atoms with Gasteiger partial charge in [0, 0.05) is 0 Å². The molecule has 0 unspecified atom stereocenters. The summed E-state index contributed by atoms with van der Waals surface area (Å²) in [6, 6.07) is 0. The van der Waals surface area contributed by atoms with Crippen LogP contribution in [0.1, 0.15) is 5.01 Å². The molecular weight excluding hydrogens is 154 g/mol. The van der Waals surface area contributed by atoms with Crippen molar-refractivity contribution in [3.63, 3.8) is 0 Å². The van der Waals surface area contributed by atoms with Gasteiger partial charge in [-0.3, -0.25) is 4.79 Å². The fraction of sp³-hybridized carbons (Fsp3) is 0.200. The van der Waals surface area contributed by atoms with Crippen molar-refractivity contribution in [2.75, 3.05) is 0 Å². The van der Waals surface area contributed by atoms with Crippen molar-refractivity contribution >= 4 is 17.3 Å². The van der Waals surface area contributed by atoms with Crippen molar-refractivity contribution in [1.29, 1.82) is 0 Å². The first-order valence-corrected chi connectivity index (χ1v) is 3.41. The molecule has 0 radical (unpaired) electrons. The van der Waals surface area contributed by atoms with E-state index < -0.39 is 5.97 Å². The minimum absolute atomic E-state index is 0.110. The molecule has 54 valence electrons. The molecule has 0 aliphatic heterocycles. The van der Waals surface area contributed by atoms with Crippen LogP contribution in [0.5, 0.6) is 5.88 Å². The molecule has 5 heteroatoms. The lowest BCUT2D eigenvalue weighted by molar-refractivity contribution is -0.136. The molecule has 0 saturated heterocycles. The van der Waals surface area contributed by atoms with Gasteiger partial charge in [0.25, 0.3) is 0 Å². The van der Waals surface area contributed by atoms with E-state index in [1.54, 1.807) is 0 Å². The summed E-state index contributed by atoms with van der Waals surface area (Å²) in [6.07, 6.45) is -0.120. The van der Waals surface area contributed by atoms with Crippen LogP contribution >= 0.6 is 11.3 Å². The van der Waals surface area contributed by atoms with Gasteiger partial charge in [-0.15, -0.1) is 11.3 Å². The fourth-order valence-electron chi connectivity index (χ4n) is 0.512. The van der Waals surface area contributed by atoms with E-state index in [4.69, 9.17) is 10.2 Å². The molecule has 0 fully saturated rings. The number of carboxylic acid groups (broad SMARTS) is 1. The summed E-state index contributed by atoms with van der Waals surface area (Å²) < 4.78 is 0. The summed E-state index contributed by atoms with van der Waals surface area (Å²) in [7, 11) is 0. The lowest BCUT2D eigenvalue weighted by Crippen LogP contribution is -1.98. The smallest absolute Gasteiger partial charge is 0.310 e. The quantitative estimate of drug-likeness (QED) is 0.658. The zero-order valence-electron chi connectivity index (χ0n) is 4.94. The van der Waals surface area contributed by atoms with Crippen LogP contribution in [-0.2, 0) is 11.2 Å². The number of nitrogens with zero attached hydrogens (tertiary/aromatic N) is 1. The minimum atomic E-state index is -0.936. The maximum atomic E-state index is 10.1. The topological polar surface area (TPSA) is 70.4 Å². The molecule has 0 spiro atoms. The number of hydrogen-bond acceptors (Lipinski definition) is 4. The van der Waals surface area contributed by atoms with Crippen molar-refractivity contribution in [3.05, 3.63) is 10.4 Å². The third-order valence-corrected chi connectivity index (χ3v) is 1.68. The Labute approximate surface area is 60.8 Å². The van der Waals surface area contributed by atoms with Crippen LogP contribution in [0.25, 0.3) is 0 Å². The summed E-state index contributed by atoms with van der Waals surface area (Å²) >= 11 is 1.14. The molecule has 1 heterocycles. The summed E-state index contributed by atoms with van der Waals surface area (Å²) in [5, 5.41) is 18.8. The number of hydrogen-bond donors (Lipinski definition) is 2. The van der Waals surface area contributed by atoms with Crippen LogP contribution in [0.4, 0.5) is 0 Å². The van der Waals surface area contributed by atoms with E-state index in [1.165, 1.54) is 5.38 Å². The molecule has 4 nitrogen and oxygen atoms in total. The van der Waals surface area contributed by atoms with Gasteiger partial charge in [-0.05, 0) is 0 Å². The maximum Gasteiger partial charge on any atom is 0.310 e. The zero-order valence-corrected chi connectivity index (χ0v) is 5.76. The standard InChI is InChI=1S/C5H5NO3S/c7-3-2-10-4(6-3)1-5(8)9/h2,7H,1H2,(H,8,9). The maximum absolute atomic E-state index is 10.1. The predicted molar refractivity (Wildman–Crippen MR) is 35.1 cm³/mol. The van der Waals surface area contributed by atoms with Crippen molar-refractivity contribution in [2.24, 2.45) is 0 Å². The van der Waals surface area contributed by atoms with E-state index in [-0.39, 0.29) is 12.3 Å². The number of thiazole rings is 1. The molecular formula is C5H5NO3S. The highest BCUT2D eigenvalue weighted by molar-refractivity contribution is 7.09. The molecule has 0 aliphatic carbocycles. The second-order valence-corrected chi connectivity index (χ2v) is 2.61. The number of aliphatic carboxylic acids is 1. The summed E-state index contributed by atoms with van der Waals surface area (Å²) in [5.41, 5.74) is 0. The molecule has 1 rings (SSSR count). The van der Waals surface area contributed by atoms with Gasteiger partial charge in [-0.25, -0.2) is 4.98 Å². The van der Waals surface area contributed by atoms with Crippen LogP contribution in [0, 0.1) is 0 Å². The van der Waals surface area contributed by atoms with Gasteiger partial charge in [0.15, 0.2) is 0 Å². The van der Waals surface area contributed by atoms with Gasteiger partial charge in [-0.1, -0.05) is 0 Å². The average Bonchev–Trinajstić information content (AvgIpc) is 2.13. The molecule has 0 aromatic carbocycles. The van der Waals surface area contributed by atoms with Crippen LogP contribution in [-0.4, -0.2) is 21.2 Å². The minimum Gasteiger partial charge on any atom is -0.493 e. The van der Waals surface area contributed by atoms with E-state index in [0.717, 1.165) is 11.3 Å². The van der Waals surface area contributed by atoms with Gasteiger partial charge in [-0.2, -0.15) is 0 Å². The van der Waals surface area contributed by atoms with Crippen LogP contribution in [0.2, 0.25) is 0 Å². The Bertz CT molecular complexity index is 245. The monoisotopic (exact) mass is 159 g/mol. The number of carbonyl (C=O) groups is 1. The lowest BCUT2D eigenvalue weighted by atomic mass is 10.5. The van der Waals surface area contributed by atoms with Gasteiger partial charge in [0.1, 0.15) is 5.01 Å². The molecule has 2 N–H and O–H groups in total. The van der Waals surface area contributed by atoms with E-state index in [1.807, 2.05) is 0 Å². The van der Waals surface area contributed by atoms with Gasteiger partial charge in [0.05, 0.1) is 11.8 Å². The Balaban J connectivity index is 2.67. The molecule has 10 heavy (non-hydrogen) atoms.